The molecule has 0 unspecified atom stereocenters. The average Bonchev–Trinajstić information content (AvgIpc) is 3.20. The number of urea groups is 1. The molecular weight excluding hydrogens is 422 g/mol. The van der Waals surface area contributed by atoms with Gasteiger partial charge < -0.3 is 10.1 Å². The summed E-state index contributed by atoms with van der Waals surface area (Å²) in [6.07, 6.45) is 1.57. The summed E-state index contributed by atoms with van der Waals surface area (Å²) >= 11 is 0. The highest BCUT2D eigenvalue weighted by Gasteiger charge is 2.20. The number of pyridine rings is 1. The largest absolute Gasteiger partial charge is 0.452 e. The van der Waals surface area contributed by atoms with Crippen LogP contribution in [0.3, 0.4) is 0 Å². The topological polar surface area (TPSA) is 115 Å². The molecule has 2 aromatic heterocycles. The van der Waals surface area contributed by atoms with Crippen LogP contribution in [-0.2, 0) is 9.53 Å². The van der Waals surface area contributed by atoms with E-state index in [4.69, 9.17) is 9.72 Å². The summed E-state index contributed by atoms with van der Waals surface area (Å²) in [5, 5.41) is 9.61. The van der Waals surface area contributed by atoms with Crippen LogP contribution in [0.1, 0.15) is 49.7 Å². The minimum atomic E-state index is -0.716. The number of rotatable bonds is 7. The van der Waals surface area contributed by atoms with Crippen LogP contribution >= 0.6 is 0 Å². The lowest BCUT2D eigenvalue weighted by Crippen LogP contribution is -2.42. The van der Waals surface area contributed by atoms with Crippen LogP contribution in [0, 0.1) is 12.8 Å². The van der Waals surface area contributed by atoms with Crippen LogP contribution in [0.5, 0.6) is 0 Å². The molecule has 0 saturated carbocycles. The zero-order valence-electron chi connectivity index (χ0n) is 19.5. The van der Waals surface area contributed by atoms with Crippen molar-refractivity contribution < 1.29 is 19.1 Å². The van der Waals surface area contributed by atoms with Crippen LogP contribution in [0.4, 0.5) is 4.79 Å². The van der Waals surface area contributed by atoms with E-state index in [1.54, 1.807) is 16.9 Å². The third-order valence-electron chi connectivity index (χ3n) is 4.88. The first-order chi connectivity index (χ1) is 15.7. The lowest BCUT2D eigenvalue weighted by molar-refractivity contribution is -0.123. The van der Waals surface area contributed by atoms with Crippen molar-refractivity contribution in [3.05, 3.63) is 47.7 Å². The van der Waals surface area contributed by atoms with Gasteiger partial charge in [0.15, 0.2) is 12.3 Å². The van der Waals surface area contributed by atoms with Gasteiger partial charge in [-0.2, -0.15) is 5.10 Å². The second-order valence-electron chi connectivity index (χ2n) is 8.57. The summed E-state index contributed by atoms with van der Waals surface area (Å²) in [5.74, 6) is -1.17. The zero-order chi connectivity index (χ0) is 24.1. The Morgan fingerprint density at radius 2 is 1.79 bits per heavy atom. The first kappa shape index (κ1) is 23.9. The average molecular weight is 452 g/mol. The molecular formula is C24H29N5O4. The van der Waals surface area contributed by atoms with Crippen LogP contribution < -0.4 is 10.6 Å². The SMILES string of the molecule is Cc1ccc(-c2cc(C(=O)OCC(=O)NC(=O)NCC(C)C)c3cnn(C(C)C)c3n2)cc1. The molecule has 0 spiro atoms. The normalized spacial score (nSPS) is 11.1. The summed E-state index contributed by atoms with van der Waals surface area (Å²) in [5.41, 5.74) is 3.34. The van der Waals surface area contributed by atoms with Crippen molar-refractivity contribution in [3.63, 3.8) is 0 Å². The highest BCUT2D eigenvalue weighted by atomic mass is 16.5. The molecule has 0 aliphatic heterocycles. The number of benzene rings is 1. The monoisotopic (exact) mass is 451 g/mol. The predicted octanol–water partition coefficient (Wildman–Crippen LogP) is 3.63. The van der Waals surface area contributed by atoms with E-state index >= 15 is 0 Å². The molecule has 1 aromatic carbocycles. The van der Waals surface area contributed by atoms with Crippen molar-refractivity contribution >= 4 is 28.9 Å². The quantitative estimate of drug-likeness (QED) is 0.530. The van der Waals surface area contributed by atoms with E-state index in [-0.39, 0.29) is 17.5 Å². The second kappa shape index (κ2) is 10.2. The third kappa shape index (κ3) is 5.94. The van der Waals surface area contributed by atoms with Gasteiger partial charge in [-0.15, -0.1) is 0 Å². The van der Waals surface area contributed by atoms with E-state index in [1.807, 2.05) is 58.9 Å². The molecule has 0 bridgehead atoms. The molecule has 2 heterocycles. The van der Waals surface area contributed by atoms with E-state index < -0.39 is 24.5 Å². The number of carbonyl (C=O) groups is 3. The summed E-state index contributed by atoms with van der Waals surface area (Å²) < 4.78 is 6.94. The van der Waals surface area contributed by atoms with Gasteiger partial charge in [0, 0.05) is 18.2 Å². The van der Waals surface area contributed by atoms with Gasteiger partial charge in [0.25, 0.3) is 5.91 Å². The van der Waals surface area contributed by atoms with Crippen molar-refractivity contribution in [2.45, 2.75) is 40.7 Å². The number of aromatic nitrogens is 3. The zero-order valence-corrected chi connectivity index (χ0v) is 19.5. The Morgan fingerprint density at radius 1 is 1.09 bits per heavy atom. The van der Waals surface area contributed by atoms with Crippen LogP contribution in [0.25, 0.3) is 22.3 Å². The summed E-state index contributed by atoms with van der Waals surface area (Å²) in [7, 11) is 0. The van der Waals surface area contributed by atoms with Crippen molar-refractivity contribution in [2.24, 2.45) is 5.92 Å². The maximum atomic E-state index is 12.9. The van der Waals surface area contributed by atoms with E-state index in [0.717, 1.165) is 11.1 Å². The smallest absolute Gasteiger partial charge is 0.339 e. The van der Waals surface area contributed by atoms with Crippen LogP contribution in [0.2, 0.25) is 0 Å². The Morgan fingerprint density at radius 3 is 2.42 bits per heavy atom. The van der Waals surface area contributed by atoms with Crippen molar-refractivity contribution in [2.75, 3.05) is 13.2 Å². The molecule has 0 atom stereocenters. The van der Waals surface area contributed by atoms with Gasteiger partial charge >= 0.3 is 12.0 Å². The molecule has 0 aliphatic rings. The minimum absolute atomic E-state index is 0.0299. The van der Waals surface area contributed by atoms with Crippen LogP contribution in [-0.4, -0.2) is 45.8 Å². The fraction of sp³-hybridized carbons (Fsp3) is 0.375. The Labute approximate surface area is 192 Å². The van der Waals surface area contributed by atoms with Gasteiger partial charge in [0.2, 0.25) is 0 Å². The lowest BCUT2D eigenvalue weighted by atomic mass is 10.1. The number of aryl methyl sites for hydroxylation is 1. The van der Waals surface area contributed by atoms with Crippen LogP contribution in [0.15, 0.2) is 36.5 Å². The number of fused-ring (bicyclic) bond motifs is 1. The molecule has 9 nitrogen and oxygen atoms in total. The van der Waals surface area contributed by atoms with Gasteiger partial charge in [-0.25, -0.2) is 19.3 Å². The van der Waals surface area contributed by atoms with Gasteiger partial charge in [0.1, 0.15) is 0 Å². The number of nitrogens with one attached hydrogen (secondary N) is 2. The first-order valence-electron chi connectivity index (χ1n) is 10.9. The van der Waals surface area contributed by atoms with Gasteiger partial charge in [0.05, 0.1) is 22.8 Å². The Balaban J connectivity index is 1.83. The Bertz CT molecular complexity index is 1170. The van der Waals surface area contributed by atoms with E-state index in [1.165, 1.54) is 0 Å². The molecule has 2 N–H and O–H groups in total. The number of esters is 1. The van der Waals surface area contributed by atoms with Crippen molar-refractivity contribution in [3.8, 4) is 11.3 Å². The number of hydrogen-bond acceptors (Lipinski definition) is 6. The summed E-state index contributed by atoms with van der Waals surface area (Å²) in [6, 6.07) is 8.82. The molecule has 0 saturated heterocycles. The molecule has 174 valence electrons. The van der Waals surface area contributed by atoms with Gasteiger partial charge in [-0.1, -0.05) is 43.7 Å². The second-order valence-corrected chi connectivity index (χ2v) is 8.57. The number of ether oxygens (including phenoxy) is 1. The molecule has 3 rings (SSSR count). The molecule has 0 fully saturated rings. The molecule has 0 radical (unpaired) electrons. The highest BCUT2D eigenvalue weighted by Crippen LogP contribution is 2.27. The first-order valence-corrected chi connectivity index (χ1v) is 10.9. The number of hydrogen-bond donors (Lipinski definition) is 2. The Kier molecular flexibility index (Phi) is 7.42. The summed E-state index contributed by atoms with van der Waals surface area (Å²) in [4.78, 5) is 41.4. The maximum Gasteiger partial charge on any atom is 0.339 e. The third-order valence-corrected chi connectivity index (χ3v) is 4.88. The van der Waals surface area contributed by atoms with E-state index in [0.29, 0.717) is 23.3 Å². The summed E-state index contributed by atoms with van der Waals surface area (Å²) in [6.45, 7) is 9.65. The molecule has 0 aliphatic carbocycles. The van der Waals surface area contributed by atoms with Gasteiger partial charge in [-0.05, 0) is 32.8 Å². The van der Waals surface area contributed by atoms with Gasteiger partial charge in [-0.3, -0.25) is 10.1 Å². The standard InChI is InChI=1S/C24H29N5O4/c1-14(2)11-25-24(32)28-21(30)13-33-23(31)18-10-20(17-8-6-16(5)7-9-17)27-22-19(18)12-26-29(22)15(3)4/h6-10,12,14-15H,11,13H2,1-5H3,(H2,25,28,30,32). The maximum absolute atomic E-state index is 12.9. The van der Waals surface area contributed by atoms with Crippen molar-refractivity contribution in [1.82, 2.24) is 25.4 Å². The lowest BCUT2D eigenvalue weighted by Gasteiger charge is -2.11. The number of amides is 3. The molecule has 33 heavy (non-hydrogen) atoms. The Hall–Kier alpha value is -3.75. The van der Waals surface area contributed by atoms with E-state index in [9.17, 15) is 14.4 Å². The van der Waals surface area contributed by atoms with E-state index in [2.05, 4.69) is 15.7 Å². The highest BCUT2D eigenvalue weighted by molar-refractivity contribution is 6.04. The molecule has 3 amide bonds. The number of carbonyl (C=O) groups excluding carboxylic acids is 3. The fourth-order valence-corrected chi connectivity index (χ4v) is 3.15. The predicted molar refractivity (Wildman–Crippen MR) is 125 cm³/mol. The minimum Gasteiger partial charge on any atom is -0.452 e. The van der Waals surface area contributed by atoms with Crippen molar-refractivity contribution in [1.29, 1.82) is 0 Å². The fourth-order valence-electron chi connectivity index (χ4n) is 3.15. The molecule has 3 aromatic rings. The number of nitrogens with zero attached hydrogens (tertiary/aromatic N) is 3. The number of imide groups is 1. The molecule has 9 heteroatoms.